The SMILES string of the molecule is O=C([C@H]1C[C@H](O)CN1c1ccc(Cl)cc1)N1C[C@H]2COC[C@@H](C1)N2Cc1ccc(Cl)cc1. The number of benzene rings is 2. The van der Waals surface area contributed by atoms with Crippen molar-refractivity contribution in [3.63, 3.8) is 0 Å². The molecule has 1 N–H and O–H groups in total. The molecular formula is C24H27Cl2N3O3. The van der Waals surface area contributed by atoms with E-state index in [1.807, 2.05) is 46.2 Å². The van der Waals surface area contributed by atoms with Crippen molar-refractivity contribution < 1.29 is 14.6 Å². The molecule has 1 amide bonds. The molecule has 3 saturated heterocycles. The molecule has 2 aromatic carbocycles. The van der Waals surface area contributed by atoms with Crippen LogP contribution < -0.4 is 4.90 Å². The number of carbonyl (C=O) groups is 1. The van der Waals surface area contributed by atoms with Gasteiger partial charge in [0.15, 0.2) is 0 Å². The minimum atomic E-state index is -0.520. The summed E-state index contributed by atoms with van der Waals surface area (Å²) in [4.78, 5) is 20.0. The minimum Gasteiger partial charge on any atom is -0.391 e. The molecule has 0 spiro atoms. The summed E-state index contributed by atoms with van der Waals surface area (Å²) in [5.74, 6) is 0.0829. The Kier molecular flexibility index (Phi) is 6.32. The first-order valence-corrected chi connectivity index (χ1v) is 11.8. The van der Waals surface area contributed by atoms with Crippen molar-refractivity contribution in [2.45, 2.75) is 37.2 Å². The number of piperazine rings is 1. The number of carbonyl (C=O) groups excluding carboxylic acids is 1. The smallest absolute Gasteiger partial charge is 0.245 e. The normalized spacial score (nSPS) is 28.2. The van der Waals surface area contributed by atoms with Crippen molar-refractivity contribution in [1.29, 1.82) is 0 Å². The number of amides is 1. The summed E-state index contributed by atoms with van der Waals surface area (Å²) >= 11 is 12.1. The quantitative estimate of drug-likeness (QED) is 0.736. The maximum absolute atomic E-state index is 13.6. The molecule has 8 heteroatoms. The number of β-amino-alcohol motifs (C(OH)–C–C–N with tert-alkyl or cyclic N) is 1. The molecule has 6 nitrogen and oxygen atoms in total. The standard InChI is InChI=1S/C24H27Cl2N3O3/c25-17-3-1-16(2-4-17)10-28-20-11-27(12-21(28)15-32-14-20)24(31)23-9-22(30)13-29(23)19-7-5-18(26)6-8-19/h1-8,20-23,30H,9-15H2/t20-,21+,22-,23+/m0/s1. The van der Waals surface area contributed by atoms with Crippen molar-refractivity contribution in [3.05, 3.63) is 64.1 Å². The molecule has 2 aromatic rings. The lowest BCUT2D eigenvalue weighted by molar-refractivity contribution is -0.147. The van der Waals surface area contributed by atoms with Crippen LogP contribution in [0.25, 0.3) is 0 Å². The number of hydrogen-bond donors (Lipinski definition) is 1. The highest BCUT2D eigenvalue weighted by atomic mass is 35.5. The number of ether oxygens (including phenoxy) is 1. The van der Waals surface area contributed by atoms with E-state index in [1.54, 1.807) is 0 Å². The van der Waals surface area contributed by atoms with E-state index in [2.05, 4.69) is 17.0 Å². The zero-order valence-electron chi connectivity index (χ0n) is 17.7. The van der Waals surface area contributed by atoms with Crippen molar-refractivity contribution in [2.24, 2.45) is 0 Å². The zero-order valence-corrected chi connectivity index (χ0v) is 19.3. The Labute approximate surface area is 198 Å². The molecule has 170 valence electrons. The Hall–Kier alpha value is -1.83. The summed E-state index contributed by atoms with van der Waals surface area (Å²) in [6.45, 7) is 3.75. The maximum Gasteiger partial charge on any atom is 0.245 e. The molecule has 3 heterocycles. The van der Waals surface area contributed by atoms with Gasteiger partial charge in [-0.3, -0.25) is 9.69 Å². The van der Waals surface area contributed by atoms with Crippen LogP contribution in [0.4, 0.5) is 5.69 Å². The van der Waals surface area contributed by atoms with Crippen LogP contribution in [-0.4, -0.2) is 77.9 Å². The van der Waals surface area contributed by atoms with Crippen LogP contribution in [0, 0.1) is 0 Å². The van der Waals surface area contributed by atoms with Gasteiger partial charge in [0.1, 0.15) is 6.04 Å². The van der Waals surface area contributed by atoms with Crippen LogP contribution in [0.3, 0.4) is 0 Å². The van der Waals surface area contributed by atoms with Gasteiger partial charge in [-0.15, -0.1) is 0 Å². The molecule has 0 aromatic heterocycles. The van der Waals surface area contributed by atoms with Crippen molar-refractivity contribution in [1.82, 2.24) is 9.80 Å². The van der Waals surface area contributed by atoms with Gasteiger partial charge in [0, 0.05) is 48.3 Å². The summed E-state index contributed by atoms with van der Waals surface area (Å²) in [6, 6.07) is 15.3. The van der Waals surface area contributed by atoms with E-state index in [0.717, 1.165) is 17.3 Å². The fourth-order valence-electron chi connectivity index (χ4n) is 5.14. The molecular weight excluding hydrogens is 449 g/mol. The Morgan fingerprint density at radius 2 is 1.53 bits per heavy atom. The first kappa shape index (κ1) is 22.0. The van der Waals surface area contributed by atoms with Crippen LogP contribution in [0.2, 0.25) is 10.0 Å². The van der Waals surface area contributed by atoms with E-state index in [0.29, 0.717) is 44.3 Å². The molecule has 0 unspecified atom stereocenters. The Morgan fingerprint density at radius 3 is 2.16 bits per heavy atom. The fourth-order valence-corrected chi connectivity index (χ4v) is 5.40. The molecule has 32 heavy (non-hydrogen) atoms. The van der Waals surface area contributed by atoms with Gasteiger partial charge in [-0.2, -0.15) is 0 Å². The summed E-state index contributed by atoms with van der Waals surface area (Å²) < 4.78 is 5.83. The summed E-state index contributed by atoms with van der Waals surface area (Å²) in [6.07, 6.45) is -0.0770. The van der Waals surface area contributed by atoms with Crippen molar-refractivity contribution >= 4 is 34.8 Å². The van der Waals surface area contributed by atoms with Crippen LogP contribution in [0.15, 0.2) is 48.5 Å². The van der Waals surface area contributed by atoms with Gasteiger partial charge >= 0.3 is 0 Å². The number of anilines is 1. The van der Waals surface area contributed by atoms with Gasteiger partial charge in [-0.25, -0.2) is 0 Å². The Bertz CT molecular complexity index is 942. The number of hydrogen-bond acceptors (Lipinski definition) is 5. The predicted molar refractivity (Wildman–Crippen MR) is 125 cm³/mol. The Balaban J connectivity index is 1.30. The lowest BCUT2D eigenvalue weighted by atomic mass is 10.0. The summed E-state index contributed by atoms with van der Waals surface area (Å²) in [5, 5.41) is 11.7. The van der Waals surface area contributed by atoms with E-state index >= 15 is 0 Å². The number of aliphatic hydroxyl groups is 1. The summed E-state index contributed by atoms with van der Waals surface area (Å²) in [5.41, 5.74) is 2.12. The van der Waals surface area contributed by atoms with E-state index in [1.165, 1.54) is 5.56 Å². The van der Waals surface area contributed by atoms with Crippen LogP contribution in [0.5, 0.6) is 0 Å². The van der Waals surface area contributed by atoms with Crippen LogP contribution in [0.1, 0.15) is 12.0 Å². The largest absolute Gasteiger partial charge is 0.391 e. The van der Waals surface area contributed by atoms with Gasteiger partial charge in [-0.1, -0.05) is 35.3 Å². The van der Waals surface area contributed by atoms with E-state index in [9.17, 15) is 9.90 Å². The number of halogens is 2. The van der Waals surface area contributed by atoms with Gasteiger partial charge in [0.05, 0.1) is 31.4 Å². The highest BCUT2D eigenvalue weighted by Crippen LogP contribution is 2.30. The highest BCUT2D eigenvalue weighted by molar-refractivity contribution is 6.30. The molecule has 0 saturated carbocycles. The maximum atomic E-state index is 13.6. The first-order valence-electron chi connectivity index (χ1n) is 11.0. The second kappa shape index (κ2) is 9.20. The molecule has 0 radical (unpaired) electrons. The number of fused-ring (bicyclic) bond motifs is 2. The van der Waals surface area contributed by atoms with Crippen molar-refractivity contribution in [2.75, 3.05) is 37.7 Å². The average Bonchev–Trinajstić information content (AvgIpc) is 3.16. The van der Waals surface area contributed by atoms with E-state index < -0.39 is 6.10 Å². The van der Waals surface area contributed by atoms with Gasteiger partial charge < -0.3 is 19.6 Å². The number of rotatable bonds is 4. The topological polar surface area (TPSA) is 56.3 Å². The molecule has 3 aliphatic rings. The second-order valence-electron chi connectivity index (χ2n) is 8.92. The lowest BCUT2D eigenvalue weighted by Crippen LogP contribution is -2.66. The molecule has 2 bridgehead atoms. The van der Waals surface area contributed by atoms with E-state index in [-0.39, 0.29) is 24.0 Å². The molecule has 5 rings (SSSR count). The predicted octanol–water partition coefficient (Wildman–Crippen LogP) is 3.04. The monoisotopic (exact) mass is 475 g/mol. The number of morpholine rings is 1. The molecule has 0 aliphatic carbocycles. The lowest BCUT2D eigenvalue weighted by Gasteiger charge is -2.50. The zero-order chi connectivity index (χ0) is 22.2. The fraction of sp³-hybridized carbons (Fsp3) is 0.458. The third-order valence-corrected chi connectivity index (χ3v) is 7.24. The number of aliphatic hydroxyl groups excluding tert-OH is 1. The highest BCUT2D eigenvalue weighted by Gasteiger charge is 2.44. The Morgan fingerprint density at radius 1 is 0.938 bits per heavy atom. The second-order valence-corrected chi connectivity index (χ2v) is 9.79. The third-order valence-electron chi connectivity index (χ3n) is 6.73. The molecule has 3 aliphatic heterocycles. The van der Waals surface area contributed by atoms with Gasteiger partial charge in [0.25, 0.3) is 0 Å². The average molecular weight is 476 g/mol. The molecule has 4 atom stereocenters. The minimum absolute atomic E-state index is 0.0829. The van der Waals surface area contributed by atoms with Gasteiger partial charge in [0.2, 0.25) is 5.91 Å². The van der Waals surface area contributed by atoms with Crippen LogP contribution in [-0.2, 0) is 16.1 Å². The third kappa shape index (κ3) is 4.47. The van der Waals surface area contributed by atoms with Crippen molar-refractivity contribution in [3.8, 4) is 0 Å². The van der Waals surface area contributed by atoms with Crippen LogP contribution >= 0.6 is 23.2 Å². The van der Waals surface area contributed by atoms with Gasteiger partial charge in [-0.05, 0) is 42.0 Å². The van der Waals surface area contributed by atoms with E-state index in [4.69, 9.17) is 27.9 Å². The first-order chi connectivity index (χ1) is 15.5. The molecule has 3 fully saturated rings. The summed E-state index contributed by atoms with van der Waals surface area (Å²) in [7, 11) is 0. The number of nitrogens with zero attached hydrogens (tertiary/aromatic N) is 3.